The summed E-state index contributed by atoms with van der Waals surface area (Å²) in [6.45, 7) is 5.50. The van der Waals surface area contributed by atoms with Crippen LogP contribution in [0.5, 0.6) is 0 Å². The predicted octanol–water partition coefficient (Wildman–Crippen LogP) is 4.66. The van der Waals surface area contributed by atoms with Crippen molar-refractivity contribution in [2.45, 2.75) is 24.8 Å². The van der Waals surface area contributed by atoms with E-state index < -0.39 is 16.8 Å². The quantitative estimate of drug-likeness (QED) is 0.182. The summed E-state index contributed by atoms with van der Waals surface area (Å²) in [6, 6.07) is 16.1. The molecule has 0 aliphatic carbocycles. The van der Waals surface area contributed by atoms with Crippen molar-refractivity contribution < 1.29 is 23.3 Å². The molecule has 0 saturated carbocycles. The molecule has 1 atom stereocenters. The SMILES string of the molecule is COCCOCCOCC#Cc1cccc2c1S(O)(O)N(c1ccccc1)C([C@H](C)Nc1nc(N)nc(C)c1C#N)=C2. The van der Waals surface area contributed by atoms with Gasteiger partial charge in [0.05, 0.1) is 55.1 Å². The highest BCUT2D eigenvalue weighted by molar-refractivity contribution is 8.25. The number of methoxy groups -OCH3 is 1. The second kappa shape index (κ2) is 14.2. The summed E-state index contributed by atoms with van der Waals surface area (Å²) < 4.78 is 41.2. The van der Waals surface area contributed by atoms with Crippen molar-refractivity contribution in [1.29, 1.82) is 5.26 Å². The Labute approximate surface area is 247 Å². The van der Waals surface area contributed by atoms with Crippen LogP contribution in [0.25, 0.3) is 6.08 Å². The summed E-state index contributed by atoms with van der Waals surface area (Å²) in [5.41, 5.74) is 8.78. The zero-order chi connectivity index (χ0) is 30.1. The molecule has 3 aromatic rings. The van der Waals surface area contributed by atoms with Crippen LogP contribution in [-0.4, -0.2) is 65.3 Å². The molecular formula is C30H34N6O5S. The standard InChI is InChI=1S/C30H34N6O5S/c1-21-26(20-31)29(35-30(32)34-21)33-22(2)27-19-24-10-7-9-23(11-8-14-40-17-18-41-16-15-39-3)28(24)42(37,38)36(27)25-12-5-4-6-13-25/h4-7,9-10,12-13,19,22,37-38H,14-18H2,1-3H3,(H3,32,33,34,35)/t22-/m0/s1. The summed E-state index contributed by atoms with van der Waals surface area (Å²) >= 11 is 0. The number of aromatic nitrogens is 2. The van der Waals surface area contributed by atoms with Crippen LogP contribution < -0.4 is 15.4 Å². The molecule has 11 nitrogen and oxygen atoms in total. The molecule has 0 unspecified atom stereocenters. The van der Waals surface area contributed by atoms with Gasteiger partial charge in [-0.3, -0.25) is 9.11 Å². The first-order valence-electron chi connectivity index (χ1n) is 13.2. The van der Waals surface area contributed by atoms with Crippen molar-refractivity contribution in [1.82, 2.24) is 9.97 Å². The van der Waals surface area contributed by atoms with E-state index in [2.05, 4.69) is 33.2 Å². The van der Waals surface area contributed by atoms with E-state index in [1.54, 1.807) is 32.2 Å². The number of rotatable bonds is 11. The maximum absolute atomic E-state index is 11.9. The van der Waals surface area contributed by atoms with Gasteiger partial charge < -0.3 is 25.3 Å². The number of nitrogens with two attached hydrogens (primary N) is 1. The molecular weight excluding hydrogens is 556 g/mol. The second-order valence-corrected chi connectivity index (χ2v) is 11.1. The molecule has 0 bridgehead atoms. The lowest BCUT2D eigenvalue weighted by Crippen LogP contribution is -2.37. The van der Waals surface area contributed by atoms with E-state index >= 15 is 0 Å². The van der Waals surface area contributed by atoms with Crippen LogP contribution in [-0.2, 0) is 14.2 Å². The van der Waals surface area contributed by atoms with Gasteiger partial charge in [0, 0.05) is 12.7 Å². The molecule has 1 aliphatic heterocycles. The Balaban J connectivity index is 1.67. The molecule has 0 amide bonds. The Hall–Kier alpha value is -4.14. The fraction of sp³-hybridized carbons (Fsp3) is 0.300. The Bertz CT molecular complexity index is 1530. The number of nitriles is 1. The van der Waals surface area contributed by atoms with E-state index in [0.717, 1.165) is 0 Å². The zero-order valence-corrected chi connectivity index (χ0v) is 24.5. The number of aryl methyl sites for hydroxylation is 1. The fourth-order valence-electron chi connectivity index (χ4n) is 4.42. The van der Waals surface area contributed by atoms with Gasteiger partial charge in [0.25, 0.3) is 0 Å². The molecule has 2 aromatic carbocycles. The first-order chi connectivity index (χ1) is 20.3. The summed E-state index contributed by atoms with van der Waals surface area (Å²) in [5.74, 6) is 6.30. The summed E-state index contributed by atoms with van der Waals surface area (Å²) in [4.78, 5) is 8.63. The van der Waals surface area contributed by atoms with Gasteiger partial charge in [-0.1, -0.05) is 52.9 Å². The van der Waals surface area contributed by atoms with Gasteiger partial charge in [0.15, 0.2) is 0 Å². The molecule has 1 aliphatic rings. The van der Waals surface area contributed by atoms with Gasteiger partial charge >= 0.3 is 0 Å². The van der Waals surface area contributed by atoms with E-state index in [4.69, 9.17) is 19.9 Å². The maximum atomic E-state index is 11.9. The lowest BCUT2D eigenvalue weighted by Gasteiger charge is -2.49. The highest BCUT2D eigenvalue weighted by Crippen LogP contribution is 2.61. The first-order valence-corrected chi connectivity index (χ1v) is 14.7. The molecule has 2 heterocycles. The number of hydrogen-bond acceptors (Lipinski definition) is 11. The van der Waals surface area contributed by atoms with Gasteiger partial charge in [-0.25, -0.2) is 9.29 Å². The molecule has 0 radical (unpaired) electrons. The van der Waals surface area contributed by atoms with E-state index in [9.17, 15) is 14.4 Å². The molecule has 220 valence electrons. The molecule has 42 heavy (non-hydrogen) atoms. The van der Waals surface area contributed by atoms with Crippen LogP contribution in [0.15, 0.2) is 59.1 Å². The van der Waals surface area contributed by atoms with Crippen LogP contribution in [0.1, 0.15) is 29.3 Å². The topological polar surface area (TPSA) is 159 Å². The number of benzene rings is 2. The third kappa shape index (κ3) is 7.01. The third-order valence-electron chi connectivity index (χ3n) is 6.32. The zero-order valence-electron chi connectivity index (χ0n) is 23.7. The fourth-order valence-corrected chi connectivity index (χ4v) is 6.38. The number of nitrogen functional groups attached to an aromatic ring is 1. The van der Waals surface area contributed by atoms with Crippen molar-refractivity contribution in [2.75, 3.05) is 55.5 Å². The largest absolute Gasteiger partial charge is 0.382 e. The van der Waals surface area contributed by atoms with Crippen molar-refractivity contribution in [3.63, 3.8) is 0 Å². The normalized spacial score (nSPS) is 15.0. The van der Waals surface area contributed by atoms with Crippen molar-refractivity contribution in [3.8, 4) is 17.9 Å². The number of nitrogens with zero attached hydrogens (tertiary/aromatic N) is 4. The van der Waals surface area contributed by atoms with Crippen LogP contribution in [0.4, 0.5) is 17.5 Å². The van der Waals surface area contributed by atoms with Gasteiger partial charge in [-0.05, 0) is 38.1 Å². The van der Waals surface area contributed by atoms with E-state index in [1.165, 1.54) is 4.31 Å². The van der Waals surface area contributed by atoms with Crippen LogP contribution in [0, 0.1) is 30.1 Å². The average molecular weight is 591 g/mol. The molecule has 4 rings (SSSR count). The van der Waals surface area contributed by atoms with Gasteiger partial charge in [-0.2, -0.15) is 10.2 Å². The molecule has 0 spiro atoms. The van der Waals surface area contributed by atoms with Crippen molar-refractivity contribution in [2.24, 2.45) is 0 Å². The summed E-state index contributed by atoms with van der Waals surface area (Å²) in [5, 5.41) is 12.9. The maximum Gasteiger partial charge on any atom is 0.222 e. The van der Waals surface area contributed by atoms with E-state index in [0.29, 0.717) is 59.5 Å². The van der Waals surface area contributed by atoms with Crippen molar-refractivity contribution >= 4 is 34.3 Å². The number of hydrogen-bond donors (Lipinski definition) is 4. The Morgan fingerprint density at radius 3 is 2.52 bits per heavy atom. The van der Waals surface area contributed by atoms with Gasteiger partial charge in [0.2, 0.25) is 5.95 Å². The van der Waals surface area contributed by atoms with Gasteiger partial charge in [-0.15, -0.1) is 0 Å². The number of ether oxygens (including phenoxy) is 3. The number of nitrogens with one attached hydrogen (secondary N) is 1. The molecule has 1 aromatic heterocycles. The lowest BCUT2D eigenvalue weighted by molar-refractivity contribution is 0.0324. The number of para-hydroxylation sites is 1. The Kier molecular flexibility index (Phi) is 10.4. The monoisotopic (exact) mass is 590 g/mol. The van der Waals surface area contributed by atoms with Crippen LogP contribution >= 0.6 is 10.8 Å². The average Bonchev–Trinajstić information content (AvgIpc) is 2.96. The first kappa shape index (κ1) is 30.8. The highest BCUT2D eigenvalue weighted by atomic mass is 32.3. The minimum Gasteiger partial charge on any atom is -0.382 e. The Morgan fingerprint density at radius 1 is 1.05 bits per heavy atom. The summed E-state index contributed by atoms with van der Waals surface area (Å²) in [6.07, 6.45) is 1.88. The third-order valence-corrected chi connectivity index (χ3v) is 8.25. The minimum absolute atomic E-state index is 0.0270. The van der Waals surface area contributed by atoms with Crippen LogP contribution in [0.2, 0.25) is 0 Å². The molecule has 5 N–H and O–H groups in total. The number of anilines is 3. The number of fused-ring (bicyclic) bond motifs is 1. The van der Waals surface area contributed by atoms with Gasteiger partial charge in [0.1, 0.15) is 29.0 Å². The van der Waals surface area contributed by atoms with Crippen LogP contribution in [0.3, 0.4) is 0 Å². The van der Waals surface area contributed by atoms with E-state index in [-0.39, 0.29) is 23.9 Å². The Morgan fingerprint density at radius 2 is 1.79 bits per heavy atom. The summed E-state index contributed by atoms with van der Waals surface area (Å²) in [7, 11) is -2.00. The lowest BCUT2D eigenvalue weighted by atomic mass is 10.1. The van der Waals surface area contributed by atoms with Crippen molar-refractivity contribution in [3.05, 3.63) is 76.6 Å². The highest BCUT2D eigenvalue weighted by Gasteiger charge is 2.38. The molecule has 0 saturated heterocycles. The second-order valence-electron chi connectivity index (χ2n) is 9.27. The molecule has 12 heteroatoms. The predicted molar refractivity (Wildman–Crippen MR) is 164 cm³/mol. The molecule has 0 fully saturated rings. The smallest absolute Gasteiger partial charge is 0.222 e. The van der Waals surface area contributed by atoms with E-state index in [1.807, 2.05) is 43.3 Å². The minimum atomic E-state index is -3.62.